The highest BCUT2D eigenvalue weighted by Crippen LogP contribution is 2.23. The summed E-state index contributed by atoms with van der Waals surface area (Å²) >= 11 is 0. The lowest BCUT2D eigenvalue weighted by Crippen LogP contribution is -2.48. The maximum Gasteiger partial charge on any atom is 0.244 e. The third kappa shape index (κ3) is 3.96. The van der Waals surface area contributed by atoms with Crippen molar-refractivity contribution in [3.8, 4) is 11.4 Å². The largest absolute Gasteiger partial charge is 0.392 e. The van der Waals surface area contributed by atoms with Crippen LogP contribution in [0.5, 0.6) is 0 Å². The first kappa shape index (κ1) is 16.1. The van der Waals surface area contributed by atoms with Gasteiger partial charge in [-0.25, -0.2) is 0 Å². The van der Waals surface area contributed by atoms with Gasteiger partial charge in [0.25, 0.3) is 0 Å². The Labute approximate surface area is 136 Å². The van der Waals surface area contributed by atoms with E-state index in [4.69, 9.17) is 4.52 Å². The highest BCUT2D eigenvalue weighted by molar-refractivity contribution is 5.53. The summed E-state index contributed by atoms with van der Waals surface area (Å²) in [5, 5.41) is 13.6. The molecule has 0 radical (unpaired) electrons. The number of hydrogen-bond acceptors (Lipinski definition) is 6. The zero-order valence-corrected chi connectivity index (χ0v) is 13.7. The summed E-state index contributed by atoms with van der Waals surface area (Å²) in [6.07, 6.45) is -0.275. The minimum atomic E-state index is -0.275. The Balaban J connectivity index is 1.61. The average Bonchev–Trinajstić information content (AvgIpc) is 3.05. The molecule has 0 aliphatic carbocycles. The Hall–Kier alpha value is -1.76. The number of hydrogen-bond donors (Lipinski definition) is 1. The molecule has 0 unspecified atom stereocenters. The normalized spacial score (nSPS) is 19.6. The van der Waals surface area contributed by atoms with Gasteiger partial charge < -0.3 is 9.63 Å². The first-order chi connectivity index (χ1) is 11.1. The molecule has 2 aromatic rings. The predicted octanol–water partition coefficient (Wildman–Crippen LogP) is 1.80. The van der Waals surface area contributed by atoms with Crippen molar-refractivity contribution in [3.63, 3.8) is 0 Å². The monoisotopic (exact) mass is 316 g/mol. The summed E-state index contributed by atoms with van der Waals surface area (Å²) in [4.78, 5) is 9.19. The van der Waals surface area contributed by atoms with Crippen LogP contribution in [0.3, 0.4) is 0 Å². The molecular weight excluding hydrogens is 292 g/mol. The van der Waals surface area contributed by atoms with Crippen LogP contribution in [0.15, 0.2) is 34.9 Å². The zero-order chi connectivity index (χ0) is 16.2. The summed E-state index contributed by atoms with van der Waals surface area (Å²) in [6.45, 7) is 8.46. The van der Waals surface area contributed by atoms with Crippen LogP contribution >= 0.6 is 0 Å². The Morgan fingerprint density at radius 2 is 1.83 bits per heavy atom. The van der Waals surface area contributed by atoms with Gasteiger partial charge in [-0.3, -0.25) is 9.80 Å². The van der Waals surface area contributed by atoms with Gasteiger partial charge in [-0.2, -0.15) is 4.98 Å². The summed E-state index contributed by atoms with van der Waals surface area (Å²) in [6, 6.07) is 9.97. The quantitative estimate of drug-likeness (QED) is 0.907. The topological polar surface area (TPSA) is 65.6 Å². The van der Waals surface area contributed by atoms with Gasteiger partial charge in [0, 0.05) is 38.3 Å². The number of piperazine rings is 1. The van der Waals surface area contributed by atoms with Crippen molar-refractivity contribution in [1.29, 1.82) is 0 Å². The van der Waals surface area contributed by atoms with Crippen LogP contribution in [0.4, 0.5) is 0 Å². The minimum absolute atomic E-state index is 0.105. The van der Waals surface area contributed by atoms with Gasteiger partial charge in [0.2, 0.25) is 11.7 Å². The van der Waals surface area contributed by atoms with Crippen molar-refractivity contribution in [2.75, 3.05) is 32.7 Å². The lowest BCUT2D eigenvalue weighted by atomic mass is 10.2. The third-order valence-corrected chi connectivity index (χ3v) is 4.31. The van der Waals surface area contributed by atoms with Crippen molar-refractivity contribution in [2.45, 2.75) is 26.0 Å². The number of benzene rings is 1. The SMILES string of the molecule is C[C@H](O)CN1CCN([C@H](C)c2nc(-c3ccccc3)no2)CC1. The Kier molecular flexibility index (Phi) is 5.05. The van der Waals surface area contributed by atoms with Crippen LogP contribution in [0.1, 0.15) is 25.8 Å². The second kappa shape index (κ2) is 7.21. The first-order valence-corrected chi connectivity index (χ1v) is 8.17. The van der Waals surface area contributed by atoms with E-state index in [0.717, 1.165) is 38.3 Å². The molecule has 0 bridgehead atoms. The molecule has 0 saturated carbocycles. The molecule has 1 aliphatic heterocycles. The number of rotatable bonds is 5. The lowest BCUT2D eigenvalue weighted by molar-refractivity contribution is 0.0582. The molecule has 3 rings (SSSR count). The van der Waals surface area contributed by atoms with Crippen LogP contribution in [0, 0.1) is 0 Å². The van der Waals surface area contributed by atoms with E-state index in [2.05, 4.69) is 26.9 Å². The second-order valence-corrected chi connectivity index (χ2v) is 6.18. The number of aliphatic hydroxyl groups excluding tert-OH is 1. The Bertz CT molecular complexity index is 606. The van der Waals surface area contributed by atoms with Crippen LogP contribution in [0.25, 0.3) is 11.4 Å². The van der Waals surface area contributed by atoms with Gasteiger partial charge in [0.1, 0.15) is 0 Å². The highest BCUT2D eigenvalue weighted by Gasteiger charge is 2.26. The second-order valence-electron chi connectivity index (χ2n) is 6.18. The third-order valence-electron chi connectivity index (χ3n) is 4.31. The minimum Gasteiger partial charge on any atom is -0.392 e. The van der Waals surface area contributed by atoms with Gasteiger partial charge in [0.05, 0.1) is 12.1 Å². The van der Waals surface area contributed by atoms with Gasteiger partial charge in [-0.15, -0.1) is 0 Å². The van der Waals surface area contributed by atoms with Crippen LogP contribution in [0.2, 0.25) is 0 Å². The molecule has 23 heavy (non-hydrogen) atoms. The van der Waals surface area contributed by atoms with E-state index in [9.17, 15) is 5.11 Å². The van der Waals surface area contributed by atoms with E-state index < -0.39 is 0 Å². The number of aliphatic hydroxyl groups is 1. The smallest absolute Gasteiger partial charge is 0.244 e. The summed E-state index contributed by atoms with van der Waals surface area (Å²) < 4.78 is 5.47. The molecule has 124 valence electrons. The average molecular weight is 316 g/mol. The number of aromatic nitrogens is 2. The maximum absolute atomic E-state index is 9.48. The molecule has 1 aliphatic rings. The van der Waals surface area contributed by atoms with Crippen molar-refractivity contribution in [1.82, 2.24) is 19.9 Å². The fourth-order valence-corrected chi connectivity index (χ4v) is 2.97. The number of nitrogens with zero attached hydrogens (tertiary/aromatic N) is 4. The van der Waals surface area contributed by atoms with Gasteiger partial charge in [-0.1, -0.05) is 35.5 Å². The Morgan fingerprint density at radius 3 is 2.48 bits per heavy atom. The van der Waals surface area contributed by atoms with E-state index in [1.54, 1.807) is 0 Å². The van der Waals surface area contributed by atoms with E-state index in [1.165, 1.54) is 0 Å². The fourth-order valence-electron chi connectivity index (χ4n) is 2.97. The zero-order valence-electron chi connectivity index (χ0n) is 13.7. The maximum atomic E-state index is 9.48. The van der Waals surface area contributed by atoms with Crippen molar-refractivity contribution in [2.24, 2.45) is 0 Å². The molecule has 1 N–H and O–H groups in total. The van der Waals surface area contributed by atoms with E-state index >= 15 is 0 Å². The molecule has 1 aromatic carbocycles. The molecule has 2 heterocycles. The molecule has 1 aromatic heterocycles. The molecule has 0 spiro atoms. The molecule has 1 fully saturated rings. The summed E-state index contributed by atoms with van der Waals surface area (Å²) in [5.41, 5.74) is 0.969. The van der Waals surface area contributed by atoms with E-state index in [-0.39, 0.29) is 12.1 Å². The summed E-state index contributed by atoms with van der Waals surface area (Å²) in [5.74, 6) is 1.30. The van der Waals surface area contributed by atoms with Gasteiger partial charge >= 0.3 is 0 Å². The summed E-state index contributed by atoms with van der Waals surface area (Å²) in [7, 11) is 0. The van der Waals surface area contributed by atoms with Crippen LogP contribution in [-0.2, 0) is 0 Å². The highest BCUT2D eigenvalue weighted by atomic mass is 16.5. The lowest BCUT2D eigenvalue weighted by Gasteiger charge is -2.37. The molecule has 0 amide bonds. The molecule has 2 atom stereocenters. The van der Waals surface area contributed by atoms with E-state index in [0.29, 0.717) is 11.7 Å². The van der Waals surface area contributed by atoms with Crippen molar-refractivity contribution < 1.29 is 9.63 Å². The fraction of sp³-hybridized carbons (Fsp3) is 0.529. The predicted molar refractivity (Wildman–Crippen MR) is 87.8 cm³/mol. The van der Waals surface area contributed by atoms with Crippen molar-refractivity contribution >= 4 is 0 Å². The molecule has 1 saturated heterocycles. The van der Waals surface area contributed by atoms with Crippen LogP contribution < -0.4 is 0 Å². The van der Waals surface area contributed by atoms with Crippen molar-refractivity contribution in [3.05, 3.63) is 36.2 Å². The molecule has 6 nitrogen and oxygen atoms in total. The molecule has 6 heteroatoms. The van der Waals surface area contributed by atoms with Gasteiger partial charge in [-0.05, 0) is 13.8 Å². The van der Waals surface area contributed by atoms with E-state index in [1.807, 2.05) is 37.3 Å². The Morgan fingerprint density at radius 1 is 1.13 bits per heavy atom. The molecular formula is C17H24N4O2. The van der Waals surface area contributed by atoms with Crippen LogP contribution in [-0.4, -0.2) is 63.9 Å². The van der Waals surface area contributed by atoms with Gasteiger partial charge in [0.15, 0.2) is 0 Å². The first-order valence-electron chi connectivity index (χ1n) is 8.17. The number of β-amino-alcohol motifs (C(OH)–C–C–N with tert-alkyl or cyclic N) is 1. The standard InChI is InChI=1S/C17H24N4O2/c1-13(22)12-20-8-10-21(11-9-20)14(2)17-18-16(19-23-17)15-6-4-3-5-7-15/h3-7,13-14,22H,8-12H2,1-2H3/t13-,14+/m0/s1.